The molecule has 0 saturated heterocycles. The quantitative estimate of drug-likeness (QED) is 0.767. The van der Waals surface area contributed by atoms with Crippen LogP contribution in [0.25, 0.3) is 0 Å². The molecule has 1 aromatic carbocycles. The van der Waals surface area contributed by atoms with Crippen LogP contribution in [0, 0.1) is 11.6 Å². The molecule has 1 aliphatic carbocycles. The summed E-state index contributed by atoms with van der Waals surface area (Å²) >= 11 is 0. The van der Waals surface area contributed by atoms with Crippen LogP contribution in [-0.4, -0.2) is 23.9 Å². The van der Waals surface area contributed by atoms with Crippen LogP contribution in [-0.2, 0) is 11.2 Å². The van der Waals surface area contributed by atoms with Gasteiger partial charge in [-0.25, -0.2) is 8.78 Å². The molecule has 0 aromatic heterocycles. The highest BCUT2D eigenvalue weighted by Crippen LogP contribution is 2.21. The smallest absolute Gasteiger partial charge is 0.222 e. The lowest BCUT2D eigenvalue weighted by Gasteiger charge is -2.27. The first-order valence-corrected chi connectivity index (χ1v) is 7.77. The monoisotopic (exact) mass is 295 g/mol. The van der Waals surface area contributed by atoms with E-state index in [2.05, 4.69) is 0 Å². The van der Waals surface area contributed by atoms with Crippen molar-refractivity contribution in [3.05, 3.63) is 35.4 Å². The van der Waals surface area contributed by atoms with Gasteiger partial charge in [-0.3, -0.25) is 4.79 Å². The zero-order chi connectivity index (χ0) is 15.2. The number of hydrogen-bond donors (Lipinski definition) is 0. The zero-order valence-corrected chi connectivity index (χ0v) is 12.6. The summed E-state index contributed by atoms with van der Waals surface area (Å²) in [6.07, 6.45) is 7.84. The molecule has 2 rings (SSSR count). The summed E-state index contributed by atoms with van der Waals surface area (Å²) in [6.45, 7) is 0. The molecule has 1 aliphatic rings. The molecular formula is C17H23F2NO. The minimum atomic E-state index is -0.850. The topological polar surface area (TPSA) is 20.3 Å². The minimum absolute atomic E-state index is 0.0895. The minimum Gasteiger partial charge on any atom is -0.343 e. The number of benzene rings is 1. The summed E-state index contributed by atoms with van der Waals surface area (Å²) < 4.78 is 26.0. The van der Waals surface area contributed by atoms with Gasteiger partial charge in [-0.1, -0.05) is 31.7 Å². The fourth-order valence-corrected chi connectivity index (χ4v) is 2.97. The van der Waals surface area contributed by atoms with Gasteiger partial charge in [0.25, 0.3) is 0 Å². The van der Waals surface area contributed by atoms with Crippen LogP contribution in [0.3, 0.4) is 0 Å². The molecule has 4 heteroatoms. The van der Waals surface area contributed by atoms with Crippen molar-refractivity contribution in [3.8, 4) is 0 Å². The van der Waals surface area contributed by atoms with Gasteiger partial charge in [-0.15, -0.1) is 0 Å². The second kappa shape index (κ2) is 7.53. The molecule has 0 bridgehead atoms. The van der Waals surface area contributed by atoms with Crippen LogP contribution in [0.1, 0.15) is 50.5 Å². The molecule has 0 radical (unpaired) electrons. The lowest BCUT2D eigenvalue weighted by molar-refractivity contribution is -0.132. The second-order valence-electron chi connectivity index (χ2n) is 5.90. The number of carbonyl (C=O) groups excluding carboxylic acids is 1. The van der Waals surface area contributed by atoms with E-state index >= 15 is 0 Å². The Kier molecular flexibility index (Phi) is 5.71. The van der Waals surface area contributed by atoms with Gasteiger partial charge in [0.15, 0.2) is 11.6 Å². The summed E-state index contributed by atoms with van der Waals surface area (Å²) in [6, 6.07) is 4.17. The first-order valence-electron chi connectivity index (χ1n) is 7.77. The van der Waals surface area contributed by atoms with E-state index in [0.29, 0.717) is 24.4 Å². The summed E-state index contributed by atoms with van der Waals surface area (Å²) in [5, 5.41) is 0. The molecule has 1 fully saturated rings. The molecular weight excluding hydrogens is 272 g/mol. The normalized spacial score (nSPS) is 16.5. The van der Waals surface area contributed by atoms with E-state index in [4.69, 9.17) is 0 Å². The van der Waals surface area contributed by atoms with Crippen LogP contribution in [0.5, 0.6) is 0 Å². The predicted octanol–water partition coefficient (Wildman–Crippen LogP) is 4.08. The van der Waals surface area contributed by atoms with Gasteiger partial charge in [0.05, 0.1) is 0 Å². The molecule has 2 nitrogen and oxygen atoms in total. The fourth-order valence-electron chi connectivity index (χ4n) is 2.97. The van der Waals surface area contributed by atoms with Gasteiger partial charge in [-0.05, 0) is 37.0 Å². The number of amides is 1. The maximum atomic E-state index is 13.1. The van der Waals surface area contributed by atoms with Crippen LogP contribution < -0.4 is 0 Å². The molecule has 0 heterocycles. The SMILES string of the molecule is CN(C(=O)CCc1ccc(F)c(F)c1)C1CCCCCC1. The Morgan fingerprint density at radius 1 is 1.14 bits per heavy atom. The Bertz CT molecular complexity index is 482. The highest BCUT2D eigenvalue weighted by atomic mass is 19.2. The molecule has 0 spiro atoms. The van der Waals surface area contributed by atoms with Gasteiger partial charge in [0.2, 0.25) is 5.91 Å². The standard InChI is InChI=1S/C17H23F2NO/c1-20(14-6-4-2-3-5-7-14)17(21)11-9-13-8-10-15(18)16(19)12-13/h8,10,12,14H,2-7,9,11H2,1H3. The molecule has 0 atom stereocenters. The van der Waals surface area contributed by atoms with Gasteiger partial charge in [0, 0.05) is 19.5 Å². The number of halogens is 2. The van der Waals surface area contributed by atoms with Gasteiger partial charge in [-0.2, -0.15) is 0 Å². The molecule has 0 aliphatic heterocycles. The summed E-state index contributed by atoms with van der Waals surface area (Å²) in [5.41, 5.74) is 0.663. The Hall–Kier alpha value is -1.45. The van der Waals surface area contributed by atoms with E-state index in [1.165, 1.54) is 37.8 Å². The van der Waals surface area contributed by atoms with Crippen LogP contribution >= 0.6 is 0 Å². The Morgan fingerprint density at radius 3 is 2.43 bits per heavy atom. The Labute approximate surface area is 125 Å². The zero-order valence-electron chi connectivity index (χ0n) is 12.6. The van der Waals surface area contributed by atoms with Crippen molar-refractivity contribution in [1.82, 2.24) is 4.90 Å². The van der Waals surface area contributed by atoms with Gasteiger partial charge in [0.1, 0.15) is 0 Å². The molecule has 0 N–H and O–H groups in total. The third kappa shape index (κ3) is 4.51. The van der Waals surface area contributed by atoms with Crippen molar-refractivity contribution in [2.75, 3.05) is 7.05 Å². The van der Waals surface area contributed by atoms with Crippen molar-refractivity contribution in [3.63, 3.8) is 0 Å². The fraction of sp³-hybridized carbons (Fsp3) is 0.588. The predicted molar refractivity (Wildman–Crippen MR) is 78.9 cm³/mol. The third-order valence-corrected chi connectivity index (χ3v) is 4.38. The van der Waals surface area contributed by atoms with Crippen LogP contribution in [0.15, 0.2) is 18.2 Å². The van der Waals surface area contributed by atoms with E-state index in [-0.39, 0.29) is 5.91 Å². The van der Waals surface area contributed by atoms with Crippen molar-refractivity contribution < 1.29 is 13.6 Å². The van der Waals surface area contributed by atoms with E-state index in [1.54, 1.807) is 0 Å². The maximum absolute atomic E-state index is 13.1. The first kappa shape index (κ1) is 15.9. The molecule has 1 aromatic rings. The molecule has 1 saturated carbocycles. The number of hydrogen-bond acceptors (Lipinski definition) is 1. The third-order valence-electron chi connectivity index (χ3n) is 4.38. The van der Waals surface area contributed by atoms with E-state index < -0.39 is 11.6 Å². The molecule has 1 amide bonds. The number of rotatable bonds is 4. The molecule has 116 valence electrons. The maximum Gasteiger partial charge on any atom is 0.222 e. The van der Waals surface area contributed by atoms with Crippen LogP contribution in [0.4, 0.5) is 8.78 Å². The Balaban J connectivity index is 1.86. The summed E-state index contributed by atoms with van der Waals surface area (Å²) in [5.74, 6) is -1.61. The highest BCUT2D eigenvalue weighted by Gasteiger charge is 2.20. The summed E-state index contributed by atoms with van der Waals surface area (Å²) in [7, 11) is 1.86. The van der Waals surface area contributed by atoms with E-state index in [9.17, 15) is 13.6 Å². The average Bonchev–Trinajstić information content (AvgIpc) is 2.76. The lowest BCUT2D eigenvalue weighted by atomic mass is 10.1. The van der Waals surface area contributed by atoms with Crippen molar-refractivity contribution in [1.29, 1.82) is 0 Å². The first-order chi connectivity index (χ1) is 10.1. The lowest BCUT2D eigenvalue weighted by Crippen LogP contribution is -2.36. The van der Waals surface area contributed by atoms with E-state index in [1.807, 2.05) is 11.9 Å². The number of nitrogens with zero attached hydrogens (tertiary/aromatic N) is 1. The molecule has 0 unspecified atom stereocenters. The van der Waals surface area contributed by atoms with Crippen LogP contribution in [0.2, 0.25) is 0 Å². The Morgan fingerprint density at radius 2 is 1.81 bits per heavy atom. The number of aryl methyl sites for hydroxylation is 1. The average molecular weight is 295 g/mol. The van der Waals surface area contributed by atoms with Gasteiger partial charge >= 0.3 is 0 Å². The summed E-state index contributed by atoms with van der Waals surface area (Å²) in [4.78, 5) is 14.1. The van der Waals surface area contributed by atoms with E-state index in [0.717, 1.165) is 18.9 Å². The highest BCUT2D eigenvalue weighted by molar-refractivity contribution is 5.76. The van der Waals surface area contributed by atoms with Crippen molar-refractivity contribution in [2.45, 2.75) is 57.4 Å². The molecule has 21 heavy (non-hydrogen) atoms. The van der Waals surface area contributed by atoms with Crippen molar-refractivity contribution >= 4 is 5.91 Å². The second-order valence-corrected chi connectivity index (χ2v) is 5.90. The largest absolute Gasteiger partial charge is 0.343 e. The van der Waals surface area contributed by atoms with Gasteiger partial charge < -0.3 is 4.90 Å². The van der Waals surface area contributed by atoms with Crippen molar-refractivity contribution in [2.24, 2.45) is 0 Å². The number of carbonyl (C=O) groups is 1.